The maximum atomic E-state index is 7.87. The predicted molar refractivity (Wildman–Crippen MR) is 95.4 cm³/mol. The maximum Gasteiger partial charge on any atom is 0.123 e. The molecule has 0 heterocycles. The molecule has 0 saturated carbocycles. The number of hydrogen-bond acceptors (Lipinski definition) is 1. The first-order chi connectivity index (χ1) is 10.7. The third-order valence-corrected chi connectivity index (χ3v) is 4.03. The van der Waals surface area contributed by atoms with Crippen LogP contribution in [0.4, 0.5) is 0 Å². The topological polar surface area (TPSA) is 49.9 Å². The number of benzene rings is 2. The van der Waals surface area contributed by atoms with Crippen LogP contribution >= 0.6 is 0 Å². The molecule has 0 fully saturated rings. The Morgan fingerprint density at radius 3 is 2.36 bits per heavy atom. The van der Waals surface area contributed by atoms with Crippen molar-refractivity contribution in [2.24, 2.45) is 5.73 Å². The summed E-state index contributed by atoms with van der Waals surface area (Å²) in [5.41, 5.74) is 10.1. The zero-order chi connectivity index (χ0) is 15.8. The molecule has 0 spiro atoms. The molecule has 0 aromatic heterocycles. The molecule has 0 aliphatic rings. The number of unbranched alkanes of at least 4 members (excludes halogenated alkanes) is 4. The van der Waals surface area contributed by atoms with E-state index < -0.39 is 0 Å². The third kappa shape index (κ3) is 4.45. The van der Waals surface area contributed by atoms with Crippen LogP contribution in [0.1, 0.15) is 50.2 Å². The maximum absolute atomic E-state index is 7.87. The molecule has 2 rings (SSSR count). The molecule has 0 unspecified atom stereocenters. The molecule has 116 valence electrons. The van der Waals surface area contributed by atoms with Crippen molar-refractivity contribution in [3.8, 4) is 11.1 Å². The van der Waals surface area contributed by atoms with Crippen molar-refractivity contribution in [1.29, 1.82) is 5.41 Å². The Morgan fingerprint density at radius 1 is 0.955 bits per heavy atom. The Hall–Kier alpha value is -2.09. The average molecular weight is 294 g/mol. The monoisotopic (exact) mass is 294 g/mol. The Kier molecular flexibility index (Phi) is 6.20. The van der Waals surface area contributed by atoms with E-state index in [9.17, 15) is 0 Å². The highest BCUT2D eigenvalue weighted by Crippen LogP contribution is 2.25. The number of rotatable bonds is 8. The van der Waals surface area contributed by atoms with Gasteiger partial charge >= 0.3 is 0 Å². The SMILES string of the molecule is CCCCCCCc1ccc(-c2ccccc2)c(C(=N)N)c1. The molecule has 0 saturated heterocycles. The quantitative estimate of drug-likeness (QED) is 0.395. The fourth-order valence-corrected chi connectivity index (χ4v) is 2.77. The number of amidine groups is 1. The lowest BCUT2D eigenvalue weighted by Crippen LogP contribution is -2.13. The summed E-state index contributed by atoms with van der Waals surface area (Å²) in [5.74, 6) is 0.145. The Labute approximate surface area is 133 Å². The highest BCUT2D eigenvalue weighted by Gasteiger charge is 2.08. The van der Waals surface area contributed by atoms with E-state index in [1.165, 1.54) is 37.7 Å². The van der Waals surface area contributed by atoms with Gasteiger partial charge in [0.2, 0.25) is 0 Å². The third-order valence-electron chi connectivity index (χ3n) is 4.03. The van der Waals surface area contributed by atoms with Crippen LogP contribution in [0.25, 0.3) is 11.1 Å². The second kappa shape index (κ2) is 8.38. The van der Waals surface area contributed by atoms with Crippen LogP contribution in [0.2, 0.25) is 0 Å². The van der Waals surface area contributed by atoms with E-state index >= 15 is 0 Å². The summed E-state index contributed by atoms with van der Waals surface area (Å²) in [7, 11) is 0. The zero-order valence-electron chi connectivity index (χ0n) is 13.4. The van der Waals surface area contributed by atoms with E-state index in [4.69, 9.17) is 11.1 Å². The van der Waals surface area contributed by atoms with Crippen molar-refractivity contribution in [3.63, 3.8) is 0 Å². The second-order valence-corrected chi connectivity index (χ2v) is 5.82. The summed E-state index contributed by atoms with van der Waals surface area (Å²) in [6, 6.07) is 16.5. The predicted octanol–water partition coefficient (Wildman–Crippen LogP) is 5.15. The van der Waals surface area contributed by atoms with Gasteiger partial charge in [-0.05, 0) is 35.6 Å². The summed E-state index contributed by atoms with van der Waals surface area (Å²) in [4.78, 5) is 0. The molecule has 2 aromatic carbocycles. The van der Waals surface area contributed by atoms with Crippen LogP contribution in [-0.2, 0) is 6.42 Å². The number of nitrogens with one attached hydrogen (secondary N) is 1. The minimum Gasteiger partial charge on any atom is -0.384 e. The van der Waals surface area contributed by atoms with Crippen LogP contribution < -0.4 is 5.73 Å². The van der Waals surface area contributed by atoms with Crippen LogP contribution in [0.3, 0.4) is 0 Å². The van der Waals surface area contributed by atoms with Crippen LogP contribution in [0.5, 0.6) is 0 Å². The first kappa shape index (κ1) is 16.3. The number of nitrogens with two attached hydrogens (primary N) is 1. The molecule has 0 aliphatic heterocycles. The van der Waals surface area contributed by atoms with Crippen molar-refractivity contribution in [2.45, 2.75) is 45.4 Å². The number of aryl methyl sites for hydroxylation is 1. The molecule has 2 heteroatoms. The van der Waals surface area contributed by atoms with Crippen molar-refractivity contribution < 1.29 is 0 Å². The lowest BCUT2D eigenvalue weighted by atomic mass is 9.95. The van der Waals surface area contributed by atoms with Gasteiger partial charge < -0.3 is 5.73 Å². The molecule has 2 aromatic rings. The largest absolute Gasteiger partial charge is 0.384 e. The molecular weight excluding hydrogens is 268 g/mol. The standard InChI is InChI=1S/C20H26N2/c1-2-3-4-5-7-10-16-13-14-18(19(15-16)20(21)22)17-11-8-6-9-12-17/h6,8-9,11-15H,2-5,7,10H2,1H3,(H3,21,22). The van der Waals surface area contributed by atoms with Crippen LogP contribution in [0.15, 0.2) is 48.5 Å². The summed E-state index contributed by atoms with van der Waals surface area (Å²) < 4.78 is 0. The van der Waals surface area contributed by atoms with E-state index in [1.54, 1.807) is 0 Å². The van der Waals surface area contributed by atoms with E-state index in [2.05, 4.69) is 37.3 Å². The van der Waals surface area contributed by atoms with Gasteiger partial charge in [-0.3, -0.25) is 5.41 Å². The molecule has 0 bridgehead atoms. The second-order valence-electron chi connectivity index (χ2n) is 5.82. The molecule has 0 aliphatic carbocycles. The fourth-order valence-electron chi connectivity index (χ4n) is 2.77. The lowest BCUT2D eigenvalue weighted by molar-refractivity contribution is 0.632. The lowest BCUT2D eigenvalue weighted by Gasteiger charge is -2.11. The van der Waals surface area contributed by atoms with Gasteiger partial charge in [-0.1, -0.05) is 75.1 Å². The van der Waals surface area contributed by atoms with Crippen LogP contribution in [0, 0.1) is 5.41 Å². The molecule has 0 atom stereocenters. The minimum absolute atomic E-state index is 0.145. The smallest absolute Gasteiger partial charge is 0.123 e. The molecule has 22 heavy (non-hydrogen) atoms. The Balaban J connectivity index is 2.12. The summed E-state index contributed by atoms with van der Waals surface area (Å²) >= 11 is 0. The van der Waals surface area contributed by atoms with Crippen LogP contribution in [-0.4, -0.2) is 5.84 Å². The van der Waals surface area contributed by atoms with Gasteiger partial charge in [-0.25, -0.2) is 0 Å². The summed E-state index contributed by atoms with van der Waals surface area (Å²) in [5, 5.41) is 7.87. The van der Waals surface area contributed by atoms with E-state index in [-0.39, 0.29) is 5.84 Å². The van der Waals surface area contributed by atoms with Gasteiger partial charge in [0.1, 0.15) is 5.84 Å². The highest BCUT2D eigenvalue weighted by molar-refractivity contribution is 6.01. The van der Waals surface area contributed by atoms with E-state index in [1.807, 2.05) is 18.2 Å². The Bertz CT molecular complexity index is 602. The van der Waals surface area contributed by atoms with Crippen molar-refractivity contribution in [2.75, 3.05) is 0 Å². The van der Waals surface area contributed by atoms with Gasteiger partial charge in [-0.2, -0.15) is 0 Å². The molecule has 0 amide bonds. The highest BCUT2D eigenvalue weighted by atomic mass is 14.7. The molecule has 2 nitrogen and oxygen atoms in total. The minimum atomic E-state index is 0.145. The number of hydrogen-bond donors (Lipinski definition) is 2. The van der Waals surface area contributed by atoms with Gasteiger partial charge in [-0.15, -0.1) is 0 Å². The average Bonchev–Trinajstić information content (AvgIpc) is 2.55. The normalized spacial score (nSPS) is 10.6. The van der Waals surface area contributed by atoms with E-state index in [0.717, 1.165) is 23.1 Å². The van der Waals surface area contributed by atoms with Gasteiger partial charge in [0.05, 0.1) is 0 Å². The van der Waals surface area contributed by atoms with Gasteiger partial charge in [0, 0.05) is 5.56 Å². The summed E-state index contributed by atoms with van der Waals surface area (Å²) in [6.45, 7) is 2.24. The molecule has 0 radical (unpaired) electrons. The first-order valence-corrected chi connectivity index (χ1v) is 8.25. The summed E-state index contributed by atoms with van der Waals surface area (Å²) in [6.07, 6.45) is 7.48. The molecule has 3 N–H and O–H groups in total. The zero-order valence-corrected chi connectivity index (χ0v) is 13.4. The van der Waals surface area contributed by atoms with Crippen molar-refractivity contribution in [1.82, 2.24) is 0 Å². The Morgan fingerprint density at radius 2 is 1.68 bits per heavy atom. The van der Waals surface area contributed by atoms with Crippen molar-refractivity contribution in [3.05, 3.63) is 59.7 Å². The first-order valence-electron chi connectivity index (χ1n) is 8.25. The van der Waals surface area contributed by atoms with Gasteiger partial charge in [0.15, 0.2) is 0 Å². The van der Waals surface area contributed by atoms with E-state index in [0.29, 0.717) is 0 Å². The van der Waals surface area contributed by atoms with Crippen molar-refractivity contribution >= 4 is 5.84 Å². The fraction of sp³-hybridized carbons (Fsp3) is 0.350. The van der Waals surface area contributed by atoms with Gasteiger partial charge in [0.25, 0.3) is 0 Å². The molecular formula is C20H26N2. The number of nitrogen functional groups attached to an aromatic ring is 1.